The molecule has 0 aromatic heterocycles. The van der Waals surface area contributed by atoms with Crippen molar-refractivity contribution in [3.8, 4) is 0 Å². The molecule has 0 amide bonds. The minimum atomic E-state index is 0.457. The predicted molar refractivity (Wildman–Crippen MR) is 80.2 cm³/mol. The first-order valence-electron chi connectivity index (χ1n) is 7.69. The Kier molecular flexibility index (Phi) is 6.81. The molecule has 0 spiro atoms. The summed E-state index contributed by atoms with van der Waals surface area (Å²) in [6, 6.07) is 0. The predicted octanol–water partition coefficient (Wildman–Crippen LogP) is 6.01. The molecule has 17 heavy (non-hydrogen) atoms. The molecule has 0 aliphatic carbocycles. The van der Waals surface area contributed by atoms with Gasteiger partial charge in [0.15, 0.2) is 0 Å². The molecule has 0 fully saturated rings. The first kappa shape index (κ1) is 17.0. The van der Waals surface area contributed by atoms with E-state index in [0.717, 1.165) is 29.6 Å². The van der Waals surface area contributed by atoms with Crippen molar-refractivity contribution in [3.05, 3.63) is 0 Å². The lowest BCUT2D eigenvalue weighted by Gasteiger charge is -2.44. The second kappa shape index (κ2) is 6.81. The average Bonchev–Trinajstić information content (AvgIpc) is 2.28. The van der Waals surface area contributed by atoms with E-state index < -0.39 is 0 Å². The van der Waals surface area contributed by atoms with Gasteiger partial charge in [-0.2, -0.15) is 0 Å². The summed E-state index contributed by atoms with van der Waals surface area (Å²) in [7, 11) is 0. The van der Waals surface area contributed by atoms with Crippen molar-refractivity contribution in [2.75, 3.05) is 0 Å². The second-order valence-electron chi connectivity index (χ2n) is 7.09. The fraction of sp³-hybridized carbons (Fsp3) is 1.00. The average molecular weight is 240 g/mol. The van der Waals surface area contributed by atoms with Gasteiger partial charge < -0.3 is 0 Å². The first-order valence-corrected chi connectivity index (χ1v) is 7.69. The van der Waals surface area contributed by atoms with Gasteiger partial charge >= 0.3 is 0 Å². The van der Waals surface area contributed by atoms with Gasteiger partial charge in [0, 0.05) is 0 Å². The van der Waals surface area contributed by atoms with Crippen LogP contribution in [0.5, 0.6) is 0 Å². The maximum Gasteiger partial charge on any atom is -0.0300 e. The van der Waals surface area contributed by atoms with Crippen LogP contribution in [0, 0.1) is 35.0 Å². The molecule has 0 heteroatoms. The van der Waals surface area contributed by atoms with Gasteiger partial charge in [-0.05, 0) is 35.0 Å². The zero-order valence-electron chi connectivity index (χ0n) is 13.8. The maximum absolute atomic E-state index is 2.49. The maximum atomic E-state index is 2.49. The summed E-state index contributed by atoms with van der Waals surface area (Å²) in [6.07, 6.45) is 2.62. The van der Waals surface area contributed by atoms with Crippen molar-refractivity contribution in [2.24, 2.45) is 35.0 Å². The molecule has 0 nitrogen and oxygen atoms in total. The largest absolute Gasteiger partial charge is 0.0651 e. The van der Waals surface area contributed by atoms with E-state index in [2.05, 4.69) is 62.3 Å². The van der Waals surface area contributed by atoms with Gasteiger partial charge in [0.25, 0.3) is 0 Å². The Morgan fingerprint density at radius 2 is 1.29 bits per heavy atom. The van der Waals surface area contributed by atoms with E-state index in [1.165, 1.54) is 12.8 Å². The van der Waals surface area contributed by atoms with E-state index in [0.29, 0.717) is 5.41 Å². The van der Waals surface area contributed by atoms with Crippen molar-refractivity contribution in [1.29, 1.82) is 0 Å². The van der Waals surface area contributed by atoms with E-state index in [1.807, 2.05) is 0 Å². The molecular formula is C17H36. The van der Waals surface area contributed by atoms with E-state index in [-0.39, 0.29) is 0 Å². The summed E-state index contributed by atoms with van der Waals surface area (Å²) >= 11 is 0. The van der Waals surface area contributed by atoms with Crippen molar-refractivity contribution in [2.45, 2.75) is 75.2 Å². The highest BCUT2D eigenvalue weighted by Gasteiger charge is 2.37. The SMILES string of the molecule is CCC(C(C)C(C)C)C(C)C(C)(C)C(C)CC. The van der Waals surface area contributed by atoms with Gasteiger partial charge in [-0.15, -0.1) is 0 Å². The number of rotatable bonds is 7. The molecule has 0 radical (unpaired) electrons. The standard InChI is InChI=1S/C17H36/c1-10-13(5)17(8,9)15(7)16(11-2)14(6)12(3)4/h12-16H,10-11H2,1-9H3. The number of hydrogen-bond acceptors (Lipinski definition) is 0. The summed E-state index contributed by atoms with van der Waals surface area (Å²) in [5.41, 5.74) is 0.457. The van der Waals surface area contributed by atoms with Crippen molar-refractivity contribution in [1.82, 2.24) is 0 Å². The molecule has 0 saturated carbocycles. The zero-order chi connectivity index (χ0) is 13.8. The van der Waals surface area contributed by atoms with Gasteiger partial charge in [-0.25, -0.2) is 0 Å². The van der Waals surface area contributed by atoms with Crippen molar-refractivity contribution in [3.63, 3.8) is 0 Å². The highest BCUT2D eigenvalue weighted by Crippen LogP contribution is 2.45. The lowest BCUT2D eigenvalue weighted by Crippen LogP contribution is -2.37. The topological polar surface area (TPSA) is 0 Å². The fourth-order valence-electron chi connectivity index (χ4n) is 3.20. The second-order valence-corrected chi connectivity index (χ2v) is 7.09. The van der Waals surface area contributed by atoms with Crippen LogP contribution in [0.4, 0.5) is 0 Å². The van der Waals surface area contributed by atoms with E-state index in [9.17, 15) is 0 Å². The first-order chi connectivity index (χ1) is 7.69. The van der Waals surface area contributed by atoms with Crippen molar-refractivity contribution >= 4 is 0 Å². The normalized spacial score (nSPS) is 20.1. The van der Waals surface area contributed by atoms with Crippen LogP contribution in [-0.4, -0.2) is 0 Å². The molecule has 0 bridgehead atoms. The lowest BCUT2D eigenvalue weighted by molar-refractivity contribution is 0.0487. The molecule has 4 atom stereocenters. The van der Waals surface area contributed by atoms with Gasteiger partial charge in [0.1, 0.15) is 0 Å². The molecule has 0 aliphatic heterocycles. The zero-order valence-corrected chi connectivity index (χ0v) is 13.8. The molecule has 0 aromatic carbocycles. The third-order valence-corrected chi connectivity index (χ3v) is 5.90. The van der Waals surface area contributed by atoms with Crippen LogP contribution < -0.4 is 0 Å². The van der Waals surface area contributed by atoms with Gasteiger partial charge in [-0.1, -0.05) is 75.2 Å². The van der Waals surface area contributed by atoms with Gasteiger partial charge in [0.2, 0.25) is 0 Å². The van der Waals surface area contributed by atoms with E-state index in [4.69, 9.17) is 0 Å². The van der Waals surface area contributed by atoms with Crippen molar-refractivity contribution < 1.29 is 0 Å². The minimum absolute atomic E-state index is 0.457. The molecule has 0 aromatic rings. The minimum Gasteiger partial charge on any atom is -0.0651 e. The smallest absolute Gasteiger partial charge is 0.0300 e. The third-order valence-electron chi connectivity index (χ3n) is 5.90. The molecule has 0 saturated heterocycles. The Labute approximate surface area is 111 Å². The van der Waals surface area contributed by atoms with Crippen LogP contribution in [0.2, 0.25) is 0 Å². The van der Waals surface area contributed by atoms with Crippen LogP contribution in [-0.2, 0) is 0 Å². The van der Waals surface area contributed by atoms with Gasteiger partial charge in [0.05, 0.1) is 0 Å². The lowest BCUT2D eigenvalue weighted by atomic mass is 9.61. The monoisotopic (exact) mass is 240 g/mol. The third kappa shape index (κ3) is 4.00. The van der Waals surface area contributed by atoms with Crippen LogP contribution in [0.25, 0.3) is 0 Å². The van der Waals surface area contributed by atoms with E-state index in [1.54, 1.807) is 0 Å². The van der Waals surface area contributed by atoms with Crippen LogP contribution in [0.1, 0.15) is 75.2 Å². The summed E-state index contributed by atoms with van der Waals surface area (Å²) in [5, 5.41) is 0. The Morgan fingerprint density at radius 1 is 0.824 bits per heavy atom. The van der Waals surface area contributed by atoms with Gasteiger partial charge in [-0.3, -0.25) is 0 Å². The quantitative estimate of drug-likeness (QED) is 0.511. The van der Waals surface area contributed by atoms with Crippen LogP contribution in [0.15, 0.2) is 0 Å². The summed E-state index contributed by atoms with van der Waals surface area (Å²) in [4.78, 5) is 0. The molecule has 4 unspecified atom stereocenters. The highest BCUT2D eigenvalue weighted by molar-refractivity contribution is 4.86. The molecule has 104 valence electrons. The Bertz CT molecular complexity index is 202. The molecular weight excluding hydrogens is 204 g/mol. The molecule has 0 heterocycles. The number of hydrogen-bond donors (Lipinski definition) is 0. The summed E-state index contributed by atoms with van der Waals surface area (Å²) in [6.45, 7) is 21.7. The summed E-state index contributed by atoms with van der Waals surface area (Å²) in [5.74, 6) is 4.11. The molecule has 0 aliphatic rings. The fourth-order valence-corrected chi connectivity index (χ4v) is 3.20. The Morgan fingerprint density at radius 3 is 1.59 bits per heavy atom. The Balaban J connectivity index is 4.91. The molecule has 0 N–H and O–H groups in total. The Hall–Kier alpha value is 0. The van der Waals surface area contributed by atoms with Crippen LogP contribution in [0.3, 0.4) is 0 Å². The summed E-state index contributed by atoms with van der Waals surface area (Å²) < 4.78 is 0. The highest BCUT2D eigenvalue weighted by atomic mass is 14.4. The van der Waals surface area contributed by atoms with Crippen LogP contribution >= 0.6 is 0 Å². The molecule has 0 rings (SSSR count). The van der Waals surface area contributed by atoms with E-state index >= 15 is 0 Å².